The number of benzene rings is 1. The summed E-state index contributed by atoms with van der Waals surface area (Å²) in [7, 11) is 0. The molecule has 1 aromatic carbocycles. The number of rotatable bonds is 8. The lowest BCUT2D eigenvalue weighted by Crippen LogP contribution is -2.36. The highest BCUT2D eigenvalue weighted by Crippen LogP contribution is 2.21. The van der Waals surface area contributed by atoms with Gasteiger partial charge in [0.1, 0.15) is 0 Å². The number of hydrogen-bond acceptors (Lipinski definition) is 4. The predicted octanol–water partition coefficient (Wildman–Crippen LogP) is 1.55. The minimum Gasteiger partial charge on any atom is -0.354 e. The Kier molecular flexibility index (Phi) is 6.55. The molecule has 3 amide bonds. The Morgan fingerprint density at radius 3 is 2.62 bits per heavy atom. The van der Waals surface area contributed by atoms with Crippen LogP contribution < -0.4 is 10.6 Å². The second-order valence-electron chi connectivity index (χ2n) is 6.78. The van der Waals surface area contributed by atoms with Crippen LogP contribution in [0.4, 0.5) is 0 Å². The lowest BCUT2D eigenvalue weighted by Gasteiger charge is -2.16. The maximum atomic E-state index is 12.2. The Balaban J connectivity index is 1.28. The van der Waals surface area contributed by atoms with Crippen molar-refractivity contribution in [3.8, 4) is 0 Å². The molecule has 1 saturated carbocycles. The predicted molar refractivity (Wildman–Crippen MR) is 102 cm³/mol. The minimum absolute atomic E-state index is 0.00938. The molecule has 140 valence electrons. The van der Waals surface area contributed by atoms with E-state index < -0.39 is 0 Å². The molecule has 1 fully saturated rings. The number of hydrogen-bond donors (Lipinski definition) is 2. The Labute approximate surface area is 158 Å². The Hall–Kier alpha value is -2.02. The molecule has 1 heterocycles. The van der Waals surface area contributed by atoms with Crippen molar-refractivity contribution >= 4 is 29.5 Å². The van der Waals surface area contributed by atoms with Gasteiger partial charge in [0.05, 0.1) is 11.5 Å². The zero-order chi connectivity index (χ0) is 18.4. The van der Waals surface area contributed by atoms with E-state index >= 15 is 0 Å². The number of amides is 3. The van der Waals surface area contributed by atoms with E-state index in [-0.39, 0.29) is 23.5 Å². The molecule has 7 heteroatoms. The van der Waals surface area contributed by atoms with Crippen LogP contribution in [-0.2, 0) is 16.1 Å². The molecule has 1 aliphatic carbocycles. The number of fused-ring (bicyclic) bond motifs is 1. The highest BCUT2D eigenvalue weighted by atomic mass is 32.2. The van der Waals surface area contributed by atoms with Gasteiger partial charge in [-0.25, -0.2) is 0 Å². The standard InChI is InChI=1S/C19H25N3O3S/c23-17(12-26-13-18(24)21-15-6-2-3-7-15)20-9-10-22-11-14-5-1-4-8-16(14)19(22)25/h1,4-5,8,15H,2-3,6-7,9-13H2,(H,20,23)(H,21,24). The normalized spacial score (nSPS) is 16.6. The largest absolute Gasteiger partial charge is 0.354 e. The maximum Gasteiger partial charge on any atom is 0.254 e. The highest BCUT2D eigenvalue weighted by molar-refractivity contribution is 8.00. The van der Waals surface area contributed by atoms with Crippen molar-refractivity contribution in [2.24, 2.45) is 0 Å². The van der Waals surface area contributed by atoms with Crippen molar-refractivity contribution in [1.29, 1.82) is 0 Å². The molecule has 0 unspecified atom stereocenters. The number of nitrogens with one attached hydrogen (secondary N) is 2. The van der Waals surface area contributed by atoms with E-state index in [1.54, 1.807) is 4.90 Å². The average molecular weight is 375 g/mol. The van der Waals surface area contributed by atoms with E-state index in [2.05, 4.69) is 10.6 Å². The van der Waals surface area contributed by atoms with Crippen LogP contribution in [-0.4, -0.2) is 53.3 Å². The second-order valence-corrected chi connectivity index (χ2v) is 7.76. The molecule has 0 aromatic heterocycles. The molecule has 0 atom stereocenters. The maximum absolute atomic E-state index is 12.2. The summed E-state index contributed by atoms with van der Waals surface area (Å²) in [5.74, 6) is 0.492. The van der Waals surface area contributed by atoms with Gasteiger partial charge in [-0.05, 0) is 24.5 Å². The SMILES string of the molecule is O=C(CSCC(=O)NC1CCCC1)NCCN1Cc2ccccc2C1=O. The minimum atomic E-state index is -0.104. The third-order valence-electron chi connectivity index (χ3n) is 4.79. The third kappa shape index (κ3) is 5.00. The summed E-state index contributed by atoms with van der Waals surface area (Å²) in [5.41, 5.74) is 1.79. The molecule has 6 nitrogen and oxygen atoms in total. The van der Waals surface area contributed by atoms with Gasteiger partial charge in [0, 0.05) is 31.2 Å². The summed E-state index contributed by atoms with van der Waals surface area (Å²) < 4.78 is 0. The highest BCUT2D eigenvalue weighted by Gasteiger charge is 2.26. The zero-order valence-electron chi connectivity index (χ0n) is 14.8. The molecule has 0 spiro atoms. The zero-order valence-corrected chi connectivity index (χ0v) is 15.6. The number of nitrogens with zero attached hydrogens (tertiary/aromatic N) is 1. The van der Waals surface area contributed by atoms with Gasteiger partial charge >= 0.3 is 0 Å². The van der Waals surface area contributed by atoms with Crippen LogP contribution >= 0.6 is 11.8 Å². The number of carbonyl (C=O) groups is 3. The van der Waals surface area contributed by atoms with Crippen LogP contribution in [0.5, 0.6) is 0 Å². The van der Waals surface area contributed by atoms with Crippen molar-refractivity contribution < 1.29 is 14.4 Å². The first kappa shape index (κ1) is 18.8. The molecular formula is C19H25N3O3S. The summed E-state index contributed by atoms with van der Waals surface area (Å²) in [6, 6.07) is 7.90. The molecule has 3 rings (SSSR count). The quantitative estimate of drug-likeness (QED) is 0.723. The smallest absolute Gasteiger partial charge is 0.254 e. The molecule has 2 N–H and O–H groups in total. The fourth-order valence-corrected chi connectivity index (χ4v) is 4.11. The molecule has 1 aliphatic heterocycles. The first-order valence-corrected chi connectivity index (χ1v) is 10.3. The fourth-order valence-electron chi connectivity index (χ4n) is 3.45. The molecule has 0 radical (unpaired) electrons. The van der Waals surface area contributed by atoms with Gasteiger partial charge in [0.25, 0.3) is 5.91 Å². The van der Waals surface area contributed by atoms with Gasteiger partial charge in [-0.15, -0.1) is 11.8 Å². The van der Waals surface area contributed by atoms with Crippen molar-refractivity contribution in [2.75, 3.05) is 24.6 Å². The van der Waals surface area contributed by atoms with E-state index in [9.17, 15) is 14.4 Å². The monoisotopic (exact) mass is 375 g/mol. The lowest BCUT2D eigenvalue weighted by molar-refractivity contribution is -0.119. The molecular weight excluding hydrogens is 350 g/mol. The van der Waals surface area contributed by atoms with Crippen molar-refractivity contribution in [3.05, 3.63) is 35.4 Å². The number of thioether (sulfide) groups is 1. The summed E-state index contributed by atoms with van der Waals surface area (Å²) in [5, 5.41) is 5.83. The average Bonchev–Trinajstić information content (AvgIpc) is 3.24. The molecule has 1 aromatic rings. The second kappa shape index (κ2) is 9.07. The molecule has 26 heavy (non-hydrogen) atoms. The Morgan fingerprint density at radius 2 is 1.85 bits per heavy atom. The lowest BCUT2D eigenvalue weighted by atomic mass is 10.1. The summed E-state index contributed by atoms with van der Waals surface area (Å²) in [4.78, 5) is 37.6. The van der Waals surface area contributed by atoms with Crippen molar-refractivity contribution in [1.82, 2.24) is 15.5 Å². The van der Waals surface area contributed by atoms with Crippen LogP contribution in [0.3, 0.4) is 0 Å². The van der Waals surface area contributed by atoms with Crippen molar-refractivity contribution in [3.63, 3.8) is 0 Å². The van der Waals surface area contributed by atoms with Crippen LogP contribution in [0.1, 0.15) is 41.6 Å². The van der Waals surface area contributed by atoms with Gasteiger partial charge < -0.3 is 15.5 Å². The third-order valence-corrected chi connectivity index (χ3v) is 5.72. The van der Waals surface area contributed by atoms with E-state index in [1.807, 2.05) is 24.3 Å². The summed E-state index contributed by atoms with van der Waals surface area (Å²) in [6.07, 6.45) is 4.50. The molecule has 0 bridgehead atoms. The van der Waals surface area contributed by atoms with Gasteiger partial charge in [-0.3, -0.25) is 14.4 Å². The van der Waals surface area contributed by atoms with Crippen molar-refractivity contribution in [2.45, 2.75) is 38.3 Å². The van der Waals surface area contributed by atoms with Gasteiger partial charge in [0.15, 0.2) is 0 Å². The van der Waals surface area contributed by atoms with E-state index in [1.165, 1.54) is 24.6 Å². The Bertz CT molecular complexity index is 674. The first-order chi connectivity index (χ1) is 12.6. The van der Waals surface area contributed by atoms with Gasteiger partial charge in [-0.2, -0.15) is 0 Å². The van der Waals surface area contributed by atoms with Gasteiger partial charge in [0.2, 0.25) is 11.8 Å². The van der Waals surface area contributed by atoms with E-state index in [0.717, 1.165) is 24.0 Å². The molecule has 2 aliphatic rings. The first-order valence-electron chi connectivity index (χ1n) is 9.14. The summed E-state index contributed by atoms with van der Waals surface area (Å²) in [6.45, 7) is 1.51. The summed E-state index contributed by atoms with van der Waals surface area (Å²) >= 11 is 1.32. The molecule has 0 saturated heterocycles. The van der Waals surface area contributed by atoms with E-state index in [4.69, 9.17) is 0 Å². The van der Waals surface area contributed by atoms with Crippen LogP contribution in [0, 0.1) is 0 Å². The van der Waals surface area contributed by atoms with Crippen LogP contribution in [0.25, 0.3) is 0 Å². The van der Waals surface area contributed by atoms with E-state index in [0.29, 0.717) is 31.4 Å². The van der Waals surface area contributed by atoms with Crippen LogP contribution in [0.2, 0.25) is 0 Å². The van der Waals surface area contributed by atoms with Gasteiger partial charge in [-0.1, -0.05) is 31.0 Å². The number of carbonyl (C=O) groups excluding carboxylic acids is 3. The van der Waals surface area contributed by atoms with Crippen LogP contribution in [0.15, 0.2) is 24.3 Å². The Morgan fingerprint density at radius 1 is 1.12 bits per heavy atom. The topological polar surface area (TPSA) is 78.5 Å². The fraction of sp³-hybridized carbons (Fsp3) is 0.526.